The number of halogens is 9. The lowest BCUT2D eigenvalue weighted by Crippen LogP contribution is -2.13. The van der Waals surface area contributed by atoms with Crippen LogP contribution in [-0.2, 0) is 18.1 Å². The molecule has 0 aliphatic carbocycles. The number of phosphoric ester groups is 1. The predicted octanol–water partition coefficient (Wildman–Crippen LogP) is 7.43. The van der Waals surface area contributed by atoms with Crippen molar-refractivity contribution in [3.05, 3.63) is 0 Å². The van der Waals surface area contributed by atoms with Crippen molar-refractivity contribution in [2.24, 2.45) is 0 Å². The smallest absolute Gasteiger partial charge is 0.287 e. The average Bonchev–Trinajstić information content (AvgIpc) is 2.22. The number of rotatable bonds is 9. The van der Waals surface area contributed by atoms with Gasteiger partial charge in [0.25, 0.3) is 0 Å². The van der Waals surface area contributed by atoms with Gasteiger partial charge in [0, 0.05) is 19.3 Å². The van der Waals surface area contributed by atoms with E-state index in [1.54, 1.807) is 0 Å². The van der Waals surface area contributed by atoms with Crippen LogP contribution in [0.1, 0.15) is 19.3 Å². The second-order valence-corrected chi connectivity index (χ2v) is 13.3. The normalized spacial score (nSPS) is 14.3. The topological polar surface area (TPSA) is 44.8 Å². The van der Waals surface area contributed by atoms with Crippen molar-refractivity contribution in [3.8, 4) is 0 Å². The molecular formula is C9H12Cl9O4P. The van der Waals surface area contributed by atoms with Crippen LogP contribution in [0.25, 0.3) is 0 Å². The van der Waals surface area contributed by atoms with Crippen LogP contribution in [0, 0.1) is 0 Å². The molecule has 0 radical (unpaired) electrons. The summed E-state index contributed by atoms with van der Waals surface area (Å²) >= 11 is 50.1. The quantitative estimate of drug-likeness (QED) is 0.228. The zero-order valence-electron chi connectivity index (χ0n) is 11.2. The van der Waals surface area contributed by atoms with E-state index < -0.39 is 19.2 Å². The third kappa shape index (κ3) is 17.9. The third-order valence-electron chi connectivity index (χ3n) is 1.90. The summed E-state index contributed by atoms with van der Waals surface area (Å²) in [6, 6.07) is 0. The molecule has 0 fully saturated rings. The third-order valence-corrected chi connectivity index (χ3v) is 5.10. The first-order valence-electron chi connectivity index (χ1n) is 5.86. The van der Waals surface area contributed by atoms with Crippen LogP contribution in [0.2, 0.25) is 0 Å². The molecule has 0 saturated heterocycles. The molecule has 0 heterocycles. The number of phosphoric acid groups is 1. The average molecular weight is 534 g/mol. The van der Waals surface area contributed by atoms with Crippen LogP contribution in [0.15, 0.2) is 0 Å². The van der Waals surface area contributed by atoms with Gasteiger partial charge in [0.05, 0.1) is 19.8 Å². The van der Waals surface area contributed by atoms with Crippen LogP contribution in [0.3, 0.4) is 0 Å². The van der Waals surface area contributed by atoms with E-state index in [0.717, 1.165) is 0 Å². The van der Waals surface area contributed by atoms with Crippen molar-refractivity contribution >= 4 is 112 Å². The van der Waals surface area contributed by atoms with Gasteiger partial charge >= 0.3 is 7.82 Å². The van der Waals surface area contributed by atoms with Gasteiger partial charge in [0.1, 0.15) is 0 Å². The number of hydrogen-bond donors (Lipinski definition) is 0. The second kappa shape index (κ2) is 10.9. The van der Waals surface area contributed by atoms with Gasteiger partial charge in [-0.2, -0.15) is 0 Å². The maximum absolute atomic E-state index is 12.4. The highest BCUT2D eigenvalue weighted by atomic mass is 35.6. The number of hydrogen-bond acceptors (Lipinski definition) is 4. The van der Waals surface area contributed by atoms with E-state index in [-0.39, 0.29) is 39.1 Å². The molecule has 0 aliphatic rings. The first kappa shape index (κ1) is 25.7. The van der Waals surface area contributed by atoms with E-state index in [4.69, 9.17) is 118 Å². The lowest BCUT2D eigenvalue weighted by atomic mass is 10.5. The summed E-state index contributed by atoms with van der Waals surface area (Å²) in [6.07, 6.45) is -0.157. The summed E-state index contributed by atoms with van der Waals surface area (Å²) in [5, 5.41) is 0. The molecular weight excluding hydrogens is 522 g/mol. The second-order valence-electron chi connectivity index (χ2n) is 4.04. The van der Waals surface area contributed by atoms with Crippen molar-refractivity contribution in [2.75, 3.05) is 19.8 Å². The van der Waals surface area contributed by atoms with Crippen molar-refractivity contribution in [2.45, 2.75) is 30.6 Å². The molecule has 14 heteroatoms. The van der Waals surface area contributed by atoms with Gasteiger partial charge in [-0.1, -0.05) is 104 Å². The highest BCUT2D eigenvalue weighted by Crippen LogP contribution is 2.51. The minimum absolute atomic E-state index is 0.0523. The zero-order valence-corrected chi connectivity index (χ0v) is 18.9. The fourth-order valence-electron chi connectivity index (χ4n) is 0.931. The van der Waals surface area contributed by atoms with E-state index in [2.05, 4.69) is 0 Å². The van der Waals surface area contributed by atoms with E-state index in [0.29, 0.717) is 0 Å². The molecule has 0 saturated carbocycles. The Morgan fingerprint density at radius 2 is 0.783 bits per heavy atom. The molecule has 0 spiro atoms. The minimum Gasteiger partial charge on any atom is -0.287 e. The molecule has 4 nitrogen and oxygen atoms in total. The molecule has 0 aromatic carbocycles. The highest BCUT2D eigenvalue weighted by molar-refractivity contribution is 7.48. The van der Waals surface area contributed by atoms with E-state index in [9.17, 15) is 4.57 Å². The van der Waals surface area contributed by atoms with Gasteiger partial charge in [-0.15, -0.1) is 0 Å². The molecule has 140 valence electrons. The predicted molar refractivity (Wildman–Crippen MR) is 100 cm³/mol. The fraction of sp³-hybridized carbons (Fsp3) is 1.00. The van der Waals surface area contributed by atoms with E-state index in [1.807, 2.05) is 0 Å². The van der Waals surface area contributed by atoms with Gasteiger partial charge in [0.15, 0.2) is 11.4 Å². The maximum Gasteiger partial charge on any atom is 0.474 e. The van der Waals surface area contributed by atoms with Gasteiger partial charge in [0.2, 0.25) is 0 Å². The summed E-state index contributed by atoms with van der Waals surface area (Å²) in [7, 11) is -4.01. The highest BCUT2D eigenvalue weighted by Gasteiger charge is 2.32. The van der Waals surface area contributed by atoms with Crippen LogP contribution in [0.5, 0.6) is 0 Å². The van der Waals surface area contributed by atoms with Gasteiger partial charge in [-0.05, 0) is 0 Å². The largest absolute Gasteiger partial charge is 0.474 e. The van der Waals surface area contributed by atoms with Crippen molar-refractivity contribution < 1.29 is 18.1 Å². The lowest BCUT2D eigenvalue weighted by Gasteiger charge is -2.21. The van der Waals surface area contributed by atoms with Crippen LogP contribution in [-0.4, -0.2) is 31.2 Å². The Labute approximate surface area is 179 Å². The summed E-state index contributed by atoms with van der Waals surface area (Å²) in [4.78, 5) is 0. The molecule has 0 unspecified atom stereocenters. The minimum atomic E-state index is -4.01. The fourth-order valence-corrected chi connectivity index (χ4v) is 2.79. The van der Waals surface area contributed by atoms with Crippen LogP contribution in [0.4, 0.5) is 0 Å². The molecule has 23 heavy (non-hydrogen) atoms. The van der Waals surface area contributed by atoms with Crippen molar-refractivity contribution in [1.29, 1.82) is 0 Å². The Bertz CT molecular complexity index is 333. The van der Waals surface area contributed by atoms with Crippen molar-refractivity contribution in [1.82, 2.24) is 0 Å². The van der Waals surface area contributed by atoms with Gasteiger partial charge < -0.3 is 0 Å². The summed E-state index contributed by atoms with van der Waals surface area (Å²) in [6.45, 7) is -0.639. The lowest BCUT2D eigenvalue weighted by molar-refractivity contribution is 0.111. The number of alkyl halides is 9. The maximum atomic E-state index is 12.4. The zero-order chi connectivity index (χ0) is 18.4. The molecule has 0 aromatic heterocycles. The Balaban J connectivity index is 4.53. The molecule has 0 rings (SSSR count). The molecule has 0 bridgehead atoms. The van der Waals surface area contributed by atoms with E-state index >= 15 is 0 Å². The molecule has 0 aliphatic heterocycles. The monoisotopic (exact) mass is 530 g/mol. The molecule has 0 atom stereocenters. The van der Waals surface area contributed by atoms with Crippen molar-refractivity contribution in [3.63, 3.8) is 0 Å². The Kier molecular flexibility index (Phi) is 12.2. The van der Waals surface area contributed by atoms with Crippen LogP contribution >= 0.6 is 112 Å². The first-order valence-corrected chi connectivity index (χ1v) is 10.7. The molecule has 0 amide bonds. The Morgan fingerprint density at radius 1 is 0.565 bits per heavy atom. The Morgan fingerprint density at radius 3 is 0.957 bits per heavy atom. The van der Waals surface area contributed by atoms with E-state index in [1.165, 1.54) is 0 Å². The summed E-state index contributed by atoms with van der Waals surface area (Å²) in [5.74, 6) is 0. The molecule has 0 N–H and O–H groups in total. The SMILES string of the molecule is O=P(OCCC(Cl)(Cl)Cl)(OCCC(Cl)(Cl)Cl)OCCC(Cl)(Cl)Cl. The van der Waals surface area contributed by atoms with Crippen LogP contribution < -0.4 is 0 Å². The Hall–Kier alpha value is 2.72. The summed E-state index contributed by atoms with van der Waals surface area (Å²) < 4.78 is 22.8. The standard InChI is InChI=1S/C9H12Cl9O4P/c10-7(11,12)1-4-20-23(19,21-5-2-8(13,14)15)22-6-3-9(16,17)18/h1-6H2. The molecule has 0 aromatic rings. The van der Waals surface area contributed by atoms with Gasteiger partial charge in [-0.3, -0.25) is 13.6 Å². The summed E-state index contributed by atoms with van der Waals surface area (Å²) in [5.41, 5.74) is 0. The first-order chi connectivity index (χ1) is 10.1. The van der Waals surface area contributed by atoms with Gasteiger partial charge in [-0.25, -0.2) is 4.57 Å².